The molecule has 0 bridgehead atoms. The van der Waals surface area contributed by atoms with Gasteiger partial charge in [-0.2, -0.15) is 10.1 Å². The predicted octanol–water partition coefficient (Wildman–Crippen LogP) is 2.44. The van der Waals surface area contributed by atoms with E-state index in [1.54, 1.807) is 32.6 Å². The van der Waals surface area contributed by atoms with Crippen LogP contribution in [0.5, 0.6) is 11.6 Å². The van der Waals surface area contributed by atoms with Crippen molar-refractivity contribution in [3.8, 4) is 22.9 Å². The normalized spacial score (nSPS) is 17.8. The average Bonchev–Trinajstić information content (AvgIpc) is 3.49. The van der Waals surface area contributed by atoms with E-state index in [2.05, 4.69) is 20.1 Å². The highest BCUT2D eigenvalue weighted by molar-refractivity contribution is 5.66. The van der Waals surface area contributed by atoms with E-state index in [0.717, 1.165) is 23.4 Å². The van der Waals surface area contributed by atoms with Gasteiger partial charge in [-0.25, -0.2) is 9.67 Å². The Bertz CT molecular complexity index is 1090. The van der Waals surface area contributed by atoms with Gasteiger partial charge < -0.3 is 9.47 Å². The zero-order valence-electron chi connectivity index (χ0n) is 16.9. The van der Waals surface area contributed by atoms with E-state index in [1.807, 2.05) is 26.0 Å². The second-order valence-corrected chi connectivity index (χ2v) is 7.31. The Morgan fingerprint density at radius 3 is 2.76 bits per heavy atom. The SMILES string of the molecule is COc1ccc(C2CC2COc2nc(C)ncc2-c2nn(C)c(=O)cc2C)nc1. The van der Waals surface area contributed by atoms with E-state index in [-0.39, 0.29) is 5.56 Å². The molecule has 2 unspecified atom stereocenters. The molecule has 0 amide bonds. The molecule has 8 heteroatoms. The molecule has 29 heavy (non-hydrogen) atoms. The quantitative estimate of drug-likeness (QED) is 0.635. The van der Waals surface area contributed by atoms with Gasteiger partial charge in [0.2, 0.25) is 5.88 Å². The summed E-state index contributed by atoms with van der Waals surface area (Å²) in [6, 6.07) is 5.48. The van der Waals surface area contributed by atoms with Gasteiger partial charge >= 0.3 is 0 Å². The van der Waals surface area contributed by atoms with E-state index in [0.29, 0.717) is 41.4 Å². The molecule has 3 aromatic rings. The highest BCUT2D eigenvalue weighted by Gasteiger charge is 2.40. The topological polar surface area (TPSA) is 92.0 Å². The first kappa shape index (κ1) is 19.0. The maximum atomic E-state index is 11.8. The molecule has 1 aliphatic carbocycles. The molecule has 1 aliphatic rings. The maximum absolute atomic E-state index is 11.8. The molecule has 0 saturated heterocycles. The molecular formula is C21H23N5O3. The Kier molecular flexibility index (Phi) is 5.00. The Balaban J connectivity index is 1.52. The van der Waals surface area contributed by atoms with Crippen molar-refractivity contribution in [3.63, 3.8) is 0 Å². The predicted molar refractivity (Wildman–Crippen MR) is 107 cm³/mol. The molecule has 2 atom stereocenters. The van der Waals surface area contributed by atoms with E-state index in [1.165, 1.54) is 4.68 Å². The Labute approximate surface area is 168 Å². The summed E-state index contributed by atoms with van der Waals surface area (Å²) in [4.78, 5) is 25.1. The van der Waals surface area contributed by atoms with Gasteiger partial charge in [-0.05, 0) is 38.0 Å². The first-order valence-corrected chi connectivity index (χ1v) is 9.48. The first-order chi connectivity index (χ1) is 14.0. The first-order valence-electron chi connectivity index (χ1n) is 9.48. The van der Waals surface area contributed by atoms with Crippen LogP contribution < -0.4 is 15.0 Å². The Hall–Kier alpha value is -3.29. The van der Waals surface area contributed by atoms with Crippen LogP contribution in [0.4, 0.5) is 0 Å². The summed E-state index contributed by atoms with van der Waals surface area (Å²) in [5, 5.41) is 4.38. The van der Waals surface area contributed by atoms with Gasteiger partial charge in [0.05, 0.1) is 25.5 Å². The van der Waals surface area contributed by atoms with Crippen molar-refractivity contribution >= 4 is 0 Å². The van der Waals surface area contributed by atoms with Crippen molar-refractivity contribution < 1.29 is 9.47 Å². The third-order valence-corrected chi connectivity index (χ3v) is 5.14. The summed E-state index contributed by atoms with van der Waals surface area (Å²) in [6.07, 6.45) is 4.47. The molecule has 1 saturated carbocycles. The summed E-state index contributed by atoms with van der Waals surface area (Å²) in [6.45, 7) is 4.20. The highest BCUT2D eigenvalue weighted by atomic mass is 16.5. The van der Waals surface area contributed by atoms with Crippen LogP contribution in [0.3, 0.4) is 0 Å². The number of nitrogens with zero attached hydrogens (tertiary/aromatic N) is 5. The van der Waals surface area contributed by atoms with Gasteiger partial charge in [0.15, 0.2) is 0 Å². The van der Waals surface area contributed by atoms with Crippen molar-refractivity contribution in [3.05, 3.63) is 58.0 Å². The van der Waals surface area contributed by atoms with Crippen LogP contribution in [0.1, 0.15) is 29.4 Å². The van der Waals surface area contributed by atoms with Crippen molar-refractivity contribution in [1.82, 2.24) is 24.7 Å². The van der Waals surface area contributed by atoms with Crippen LogP contribution in [0.2, 0.25) is 0 Å². The Morgan fingerprint density at radius 2 is 2.03 bits per heavy atom. The van der Waals surface area contributed by atoms with Gasteiger partial charge in [-0.3, -0.25) is 9.78 Å². The van der Waals surface area contributed by atoms with Gasteiger partial charge in [-0.15, -0.1) is 0 Å². The second-order valence-electron chi connectivity index (χ2n) is 7.31. The number of aryl methyl sites for hydroxylation is 3. The third kappa shape index (κ3) is 3.96. The van der Waals surface area contributed by atoms with E-state index in [4.69, 9.17) is 9.47 Å². The van der Waals surface area contributed by atoms with Gasteiger partial charge in [0, 0.05) is 36.8 Å². The van der Waals surface area contributed by atoms with Gasteiger partial charge in [-0.1, -0.05) is 0 Å². The molecule has 4 rings (SSSR count). The number of pyridine rings is 1. The van der Waals surface area contributed by atoms with Crippen LogP contribution in [0.15, 0.2) is 35.4 Å². The molecule has 0 N–H and O–H groups in total. The standard InChI is InChI=1S/C21H23N5O3/c1-12-7-19(27)26(3)25-20(12)17-10-22-13(2)24-21(17)29-11-14-8-16(14)18-6-5-15(28-4)9-23-18/h5-7,9-10,14,16H,8,11H2,1-4H3. The van der Waals surface area contributed by atoms with E-state index in [9.17, 15) is 4.79 Å². The van der Waals surface area contributed by atoms with Crippen LogP contribution >= 0.6 is 0 Å². The number of aromatic nitrogens is 5. The zero-order valence-corrected chi connectivity index (χ0v) is 16.9. The lowest BCUT2D eigenvalue weighted by Crippen LogP contribution is -2.20. The number of ether oxygens (including phenoxy) is 2. The van der Waals surface area contributed by atoms with Crippen molar-refractivity contribution in [2.45, 2.75) is 26.2 Å². The fraction of sp³-hybridized carbons (Fsp3) is 0.381. The summed E-state index contributed by atoms with van der Waals surface area (Å²) in [5.74, 6) is 2.62. The van der Waals surface area contributed by atoms with Crippen LogP contribution in [-0.2, 0) is 7.05 Å². The largest absolute Gasteiger partial charge is 0.495 e. The fourth-order valence-electron chi connectivity index (χ4n) is 3.32. The third-order valence-electron chi connectivity index (χ3n) is 5.14. The molecule has 3 heterocycles. The fourth-order valence-corrected chi connectivity index (χ4v) is 3.32. The van der Waals surface area contributed by atoms with Crippen molar-refractivity contribution in [1.29, 1.82) is 0 Å². The smallest absolute Gasteiger partial charge is 0.266 e. The second kappa shape index (κ2) is 7.62. The summed E-state index contributed by atoms with van der Waals surface area (Å²) in [5.41, 5.74) is 2.98. The minimum atomic E-state index is -0.158. The van der Waals surface area contributed by atoms with E-state index < -0.39 is 0 Å². The average molecular weight is 393 g/mol. The molecule has 0 aromatic carbocycles. The molecule has 3 aromatic heterocycles. The molecule has 0 radical (unpaired) electrons. The van der Waals surface area contributed by atoms with Crippen LogP contribution in [0.25, 0.3) is 11.3 Å². The van der Waals surface area contributed by atoms with Gasteiger partial charge in [0.25, 0.3) is 5.56 Å². The van der Waals surface area contributed by atoms with Crippen LogP contribution in [0, 0.1) is 19.8 Å². The summed E-state index contributed by atoms with van der Waals surface area (Å²) < 4.78 is 12.6. The van der Waals surface area contributed by atoms with Crippen LogP contribution in [-0.4, -0.2) is 38.4 Å². The molecule has 0 aliphatic heterocycles. The monoisotopic (exact) mass is 393 g/mol. The summed E-state index contributed by atoms with van der Waals surface area (Å²) >= 11 is 0. The molecule has 150 valence electrons. The van der Waals surface area contributed by atoms with E-state index >= 15 is 0 Å². The zero-order chi connectivity index (χ0) is 20.5. The van der Waals surface area contributed by atoms with Crippen molar-refractivity contribution in [2.24, 2.45) is 13.0 Å². The number of hydrogen-bond donors (Lipinski definition) is 0. The lowest BCUT2D eigenvalue weighted by molar-refractivity contribution is 0.285. The number of hydrogen-bond acceptors (Lipinski definition) is 7. The molecular weight excluding hydrogens is 370 g/mol. The highest BCUT2D eigenvalue weighted by Crippen LogP contribution is 2.47. The maximum Gasteiger partial charge on any atom is 0.266 e. The lowest BCUT2D eigenvalue weighted by Gasteiger charge is -2.12. The lowest BCUT2D eigenvalue weighted by atomic mass is 10.1. The Morgan fingerprint density at radius 1 is 1.21 bits per heavy atom. The number of rotatable bonds is 6. The minimum Gasteiger partial charge on any atom is -0.495 e. The minimum absolute atomic E-state index is 0.158. The molecule has 1 fully saturated rings. The molecule has 8 nitrogen and oxygen atoms in total. The summed E-state index contributed by atoms with van der Waals surface area (Å²) in [7, 11) is 3.25. The van der Waals surface area contributed by atoms with Gasteiger partial charge in [0.1, 0.15) is 17.3 Å². The molecule has 0 spiro atoms. The van der Waals surface area contributed by atoms with Crippen molar-refractivity contribution in [2.75, 3.05) is 13.7 Å². The number of methoxy groups -OCH3 is 1.